The summed E-state index contributed by atoms with van der Waals surface area (Å²) in [4.78, 5) is 31.2. The number of thioether (sulfide) groups is 1. The Bertz CT molecular complexity index is 724. The maximum absolute atomic E-state index is 11.8. The van der Waals surface area contributed by atoms with Crippen molar-refractivity contribution in [3.8, 4) is 0 Å². The molecule has 8 heteroatoms. The highest BCUT2D eigenvalue weighted by Crippen LogP contribution is 2.30. The summed E-state index contributed by atoms with van der Waals surface area (Å²) in [7, 11) is 0. The van der Waals surface area contributed by atoms with Crippen molar-refractivity contribution in [1.82, 2.24) is 14.5 Å². The lowest BCUT2D eigenvalue weighted by Gasteiger charge is -2.24. The number of carbonyl (C=O) groups excluding carboxylic acids is 1. The number of nitrogens with two attached hydrogens (primary N) is 1. The van der Waals surface area contributed by atoms with Crippen molar-refractivity contribution in [3.63, 3.8) is 0 Å². The Morgan fingerprint density at radius 2 is 2.14 bits per heavy atom. The van der Waals surface area contributed by atoms with Crippen LogP contribution in [0, 0.1) is 6.92 Å². The smallest absolute Gasteiger partial charge is 0.313 e. The minimum Gasteiger partial charge on any atom is -0.481 e. The van der Waals surface area contributed by atoms with Gasteiger partial charge in [0.2, 0.25) is 5.91 Å². The molecule has 0 atom stereocenters. The summed E-state index contributed by atoms with van der Waals surface area (Å²) >= 11 is 1.04. The van der Waals surface area contributed by atoms with Crippen LogP contribution in [0.4, 0.5) is 0 Å². The second-order valence-corrected chi connectivity index (χ2v) is 6.08. The topological polar surface area (TPSA) is 111 Å². The van der Waals surface area contributed by atoms with Crippen LogP contribution in [0.2, 0.25) is 0 Å². The molecule has 0 aliphatic heterocycles. The molecule has 2 rings (SSSR count). The predicted octanol–water partition coefficient (Wildman–Crippen LogP) is 1.14. The zero-order chi connectivity index (χ0) is 15.8. The molecule has 0 spiro atoms. The number of hydrogen-bond acceptors (Lipinski definition) is 5. The number of amides is 1. The summed E-state index contributed by atoms with van der Waals surface area (Å²) < 4.78 is 1.60. The quantitative estimate of drug-likeness (QED) is 0.801. The standard InChI is InChI=1S/C13H16N4O3S/c1-7-4-5-15-10-9(7)16-12(21-6-8(18)19)17(10)13(2,3)11(14)20/h4-5H,6H2,1-3H3,(H2,14,20)(H,18,19). The molecule has 0 saturated heterocycles. The summed E-state index contributed by atoms with van der Waals surface area (Å²) in [6.45, 7) is 5.20. The van der Waals surface area contributed by atoms with Gasteiger partial charge in [-0.3, -0.25) is 14.2 Å². The summed E-state index contributed by atoms with van der Waals surface area (Å²) in [5.74, 6) is -1.65. The predicted molar refractivity (Wildman–Crippen MR) is 79.1 cm³/mol. The summed E-state index contributed by atoms with van der Waals surface area (Å²) in [5.41, 5.74) is 6.47. The first kappa shape index (κ1) is 15.3. The molecule has 0 aliphatic rings. The molecule has 1 amide bonds. The van der Waals surface area contributed by atoms with Crippen molar-refractivity contribution < 1.29 is 14.7 Å². The third-order valence-electron chi connectivity index (χ3n) is 3.20. The fourth-order valence-corrected chi connectivity index (χ4v) is 2.76. The van der Waals surface area contributed by atoms with Crippen LogP contribution >= 0.6 is 11.8 Å². The maximum atomic E-state index is 11.8. The Labute approximate surface area is 125 Å². The lowest BCUT2D eigenvalue weighted by molar-refractivity contribution is -0.133. The molecule has 3 N–H and O–H groups in total. The van der Waals surface area contributed by atoms with Gasteiger partial charge < -0.3 is 10.8 Å². The number of carboxylic acids is 1. The van der Waals surface area contributed by atoms with Gasteiger partial charge in [-0.05, 0) is 32.4 Å². The number of imidazole rings is 1. The van der Waals surface area contributed by atoms with Gasteiger partial charge in [-0.1, -0.05) is 11.8 Å². The van der Waals surface area contributed by atoms with E-state index >= 15 is 0 Å². The number of carboxylic acid groups (broad SMARTS) is 1. The van der Waals surface area contributed by atoms with E-state index in [4.69, 9.17) is 10.8 Å². The molecule has 0 saturated carbocycles. The lowest BCUT2D eigenvalue weighted by Crippen LogP contribution is -2.41. The largest absolute Gasteiger partial charge is 0.481 e. The minimum atomic E-state index is -1.06. The first-order valence-electron chi connectivity index (χ1n) is 6.24. The average Bonchev–Trinajstić information content (AvgIpc) is 2.76. The van der Waals surface area contributed by atoms with E-state index in [2.05, 4.69) is 9.97 Å². The summed E-state index contributed by atoms with van der Waals surface area (Å²) in [5, 5.41) is 9.26. The van der Waals surface area contributed by atoms with E-state index in [9.17, 15) is 9.59 Å². The Hall–Kier alpha value is -2.09. The number of hydrogen-bond donors (Lipinski definition) is 2. The molecule has 0 unspecified atom stereocenters. The molecule has 2 heterocycles. The molecule has 2 aromatic rings. The highest BCUT2D eigenvalue weighted by atomic mass is 32.2. The molecular weight excluding hydrogens is 292 g/mol. The van der Waals surface area contributed by atoms with E-state index in [0.29, 0.717) is 16.3 Å². The van der Waals surface area contributed by atoms with Crippen LogP contribution in [0.1, 0.15) is 19.4 Å². The van der Waals surface area contributed by atoms with Gasteiger partial charge in [0.25, 0.3) is 0 Å². The fourth-order valence-electron chi connectivity index (χ4n) is 1.91. The number of carbonyl (C=O) groups is 2. The van der Waals surface area contributed by atoms with Crippen molar-refractivity contribution in [1.29, 1.82) is 0 Å². The molecule has 7 nitrogen and oxygen atoms in total. The molecular formula is C13H16N4O3S. The number of nitrogens with zero attached hydrogens (tertiary/aromatic N) is 3. The van der Waals surface area contributed by atoms with E-state index in [1.165, 1.54) is 0 Å². The van der Waals surface area contributed by atoms with Crippen molar-refractivity contribution in [2.45, 2.75) is 31.5 Å². The number of aromatic nitrogens is 3. The Morgan fingerprint density at radius 3 is 2.71 bits per heavy atom. The molecule has 0 bridgehead atoms. The van der Waals surface area contributed by atoms with Gasteiger partial charge in [-0.25, -0.2) is 9.97 Å². The number of fused-ring (bicyclic) bond motifs is 1. The molecule has 0 aromatic carbocycles. The van der Waals surface area contributed by atoms with Crippen molar-refractivity contribution in [3.05, 3.63) is 17.8 Å². The van der Waals surface area contributed by atoms with Crippen molar-refractivity contribution in [2.24, 2.45) is 5.73 Å². The van der Waals surface area contributed by atoms with Crippen LogP contribution in [0.25, 0.3) is 11.2 Å². The molecule has 0 fully saturated rings. The fraction of sp³-hybridized carbons (Fsp3) is 0.385. The van der Waals surface area contributed by atoms with Crippen molar-refractivity contribution in [2.75, 3.05) is 5.75 Å². The van der Waals surface area contributed by atoms with E-state index < -0.39 is 17.4 Å². The zero-order valence-electron chi connectivity index (χ0n) is 12.0. The van der Waals surface area contributed by atoms with E-state index in [1.54, 1.807) is 24.6 Å². The molecule has 2 aromatic heterocycles. The second-order valence-electron chi connectivity index (χ2n) is 5.14. The summed E-state index contributed by atoms with van der Waals surface area (Å²) in [6, 6.07) is 1.81. The SMILES string of the molecule is Cc1ccnc2c1nc(SCC(=O)O)n2C(C)(C)C(N)=O. The van der Waals surface area contributed by atoms with Crippen LogP contribution in [-0.2, 0) is 15.1 Å². The van der Waals surface area contributed by atoms with Gasteiger partial charge in [-0.15, -0.1) is 0 Å². The normalized spacial score (nSPS) is 11.8. The number of pyridine rings is 1. The van der Waals surface area contributed by atoms with Gasteiger partial charge >= 0.3 is 5.97 Å². The number of primary amides is 1. The van der Waals surface area contributed by atoms with Gasteiger partial charge in [0.05, 0.1) is 5.75 Å². The maximum Gasteiger partial charge on any atom is 0.313 e. The summed E-state index contributed by atoms with van der Waals surface area (Å²) in [6.07, 6.45) is 1.62. The zero-order valence-corrected chi connectivity index (χ0v) is 12.8. The van der Waals surface area contributed by atoms with Gasteiger partial charge in [-0.2, -0.15) is 0 Å². The second kappa shape index (κ2) is 5.36. The van der Waals surface area contributed by atoms with Crippen molar-refractivity contribution >= 4 is 34.8 Å². The molecule has 21 heavy (non-hydrogen) atoms. The first-order valence-corrected chi connectivity index (χ1v) is 7.22. The van der Waals surface area contributed by atoms with E-state index in [1.807, 2.05) is 13.0 Å². The monoisotopic (exact) mass is 308 g/mol. The molecule has 112 valence electrons. The number of rotatable bonds is 5. The third kappa shape index (κ3) is 2.71. The van der Waals surface area contributed by atoms with Gasteiger partial charge in [0, 0.05) is 6.20 Å². The van der Waals surface area contributed by atoms with Crippen LogP contribution in [0.5, 0.6) is 0 Å². The first-order chi connectivity index (χ1) is 9.75. The third-order valence-corrected chi connectivity index (χ3v) is 4.13. The van der Waals surface area contributed by atoms with Crippen LogP contribution in [0.3, 0.4) is 0 Å². The molecule has 0 aliphatic carbocycles. The Morgan fingerprint density at radius 1 is 1.48 bits per heavy atom. The van der Waals surface area contributed by atoms with Crippen LogP contribution in [0.15, 0.2) is 17.4 Å². The molecule has 0 radical (unpaired) electrons. The Balaban J connectivity index is 2.69. The number of aliphatic carboxylic acids is 1. The van der Waals surface area contributed by atoms with Crippen LogP contribution in [-0.4, -0.2) is 37.3 Å². The van der Waals surface area contributed by atoms with Gasteiger partial charge in [0.15, 0.2) is 10.8 Å². The highest BCUT2D eigenvalue weighted by Gasteiger charge is 2.33. The highest BCUT2D eigenvalue weighted by molar-refractivity contribution is 7.99. The average molecular weight is 308 g/mol. The van der Waals surface area contributed by atoms with E-state index in [0.717, 1.165) is 17.3 Å². The van der Waals surface area contributed by atoms with Gasteiger partial charge in [0.1, 0.15) is 11.1 Å². The lowest BCUT2D eigenvalue weighted by atomic mass is 10.1. The van der Waals surface area contributed by atoms with E-state index in [-0.39, 0.29) is 5.75 Å². The Kier molecular flexibility index (Phi) is 3.91. The number of aryl methyl sites for hydroxylation is 1. The minimum absolute atomic E-state index is 0.156. The van der Waals surface area contributed by atoms with Crippen LogP contribution < -0.4 is 5.73 Å².